The number of nitrogens with zero attached hydrogens (tertiary/aromatic N) is 6. The molecule has 5 rings (SSSR count). The minimum absolute atomic E-state index is 0.0259. The number of hydrogen-bond acceptors (Lipinski definition) is 9. The molecule has 0 saturated heterocycles. The summed E-state index contributed by atoms with van der Waals surface area (Å²) in [6, 6.07) is 6.94. The molecule has 218 valence electrons. The molecule has 41 heavy (non-hydrogen) atoms. The molecule has 13 heteroatoms. The van der Waals surface area contributed by atoms with Crippen molar-refractivity contribution in [2.24, 2.45) is 5.41 Å². The van der Waals surface area contributed by atoms with Gasteiger partial charge in [-0.05, 0) is 70.4 Å². The highest BCUT2D eigenvalue weighted by atomic mass is 32.2. The van der Waals surface area contributed by atoms with Crippen molar-refractivity contribution in [2.75, 3.05) is 6.54 Å². The van der Waals surface area contributed by atoms with Gasteiger partial charge < -0.3 is 9.84 Å². The third-order valence-electron chi connectivity index (χ3n) is 7.84. The summed E-state index contributed by atoms with van der Waals surface area (Å²) in [6.07, 6.45) is 1.74. The van der Waals surface area contributed by atoms with E-state index in [0.717, 1.165) is 27.0 Å². The minimum Gasteiger partial charge on any atom is -0.481 e. The number of fused-ring (bicyclic) bond motifs is 2. The first-order valence-corrected chi connectivity index (χ1v) is 15.8. The van der Waals surface area contributed by atoms with Gasteiger partial charge in [-0.3, -0.25) is 4.79 Å². The van der Waals surface area contributed by atoms with Crippen LogP contribution in [0.5, 0.6) is 5.88 Å². The van der Waals surface area contributed by atoms with Gasteiger partial charge in [-0.15, -0.1) is 16.4 Å². The lowest BCUT2D eigenvalue weighted by molar-refractivity contribution is -0.147. The summed E-state index contributed by atoms with van der Waals surface area (Å²) < 4.78 is 36.5. The molecule has 0 saturated carbocycles. The number of benzene rings is 1. The number of carboxylic acid groups (broad SMARTS) is 1. The van der Waals surface area contributed by atoms with E-state index in [1.165, 1.54) is 27.9 Å². The maximum absolute atomic E-state index is 13.7. The monoisotopic (exact) mass is 598 g/mol. The number of aromatic nitrogens is 5. The first-order valence-electron chi connectivity index (χ1n) is 13.5. The molecule has 1 aliphatic rings. The summed E-state index contributed by atoms with van der Waals surface area (Å²) in [4.78, 5) is 22.5. The number of pyridine rings is 1. The van der Waals surface area contributed by atoms with Crippen LogP contribution in [0.25, 0.3) is 11.0 Å². The van der Waals surface area contributed by atoms with Gasteiger partial charge in [0.25, 0.3) is 0 Å². The fourth-order valence-corrected chi connectivity index (χ4v) is 7.99. The number of sulfonamides is 1. The number of aryl methyl sites for hydroxylation is 3. The first-order chi connectivity index (χ1) is 19.4. The van der Waals surface area contributed by atoms with Crippen molar-refractivity contribution >= 4 is 38.4 Å². The third-order valence-corrected chi connectivity index (χ3v) is 10.7. The molecule has 1 aliphatic heterocycles. The lowest BCUT2D eigenvalue weighted by Gasteiger charge is -2.30. The predicted octanol–water partition coefficient (Wildman–Crippen LogP) is 4.52. The van der Waals surface area contributed by atoms with Crippen LogP contribution in [0.3, 0.4) is 0 Å². The molecule has 4 aromatic rings. The molecule has 2 atom stereocenters. The van der Waals surface area contributed by atoms with Gasteiger partial charge in [0.15, 0.2) is 0 Å². The van der Waals surface area contributed by atoms with E-state index in [-0.39, 0.29) is 30.0 Å². The van der Waals surface area contributed by atoms with Crippen LogP contribution < -0.4 is 4.74 Å². The first kappa shape index (κ1) is 29.1. The zero-order valence-electron chi connectivity index (χ0n) is 23.9. The number of carbonyl (C=O) groups is 1. The number of ether oxygens (including phenoxy) is 1. The van der Waals surface area contributed by atoms with Crippen LogP contribution in [-0.4, -0.2) is 61.4 Å². The van der Waals surface area contributed by atoms with E-state index in [1.54, 1.807) is 24.6 Å². The Hall–Kier alpha value is -3.42. The number of aliphatic carboxylic acids is 1. The molecule has 1 N–H and O–H groups in total. The molecule has 1 aromatic carbocycles. The average Bonchev–Trinajstić information content (AvgIpc) is 3.49. The summed E-state index contributed by atoms with van der Waals surface area (Å²) in [5.74, 6) is -1.46. The number of thiazole rings is 1. The summed E-state index contributed by atoms with van der Waals surface area (Å²) in [5, 5.41) is 19.5. The maximum Gasteiger partial charge on any atom is 0.310 e. The Morgan fingerprint density at radius 1 is 1.24 bits per heavy atom. The molecular weight excluding hydrogens is 564 g/mol. The van der Waals surface area contributed by atoms with Crippen molar-refractivity contribution < 1.29 is 23.1 Å². The van der Waals surface area contributed by atoms with E-state index < -0.39 is 27.3 Å². The SMILES string of the molecule is CC[C@@H]1CN(Cc2nc([C@@H](c3ccc4c(nnn4CC)c3C)C(C)(C)C(=O)O)sc2C)S(=O)(=O)c2cccnc2O1. The zero-order chi connectivity index (χ0) is 29.7. The van der Waals surface area contributed by atoms with Crippen molar-refractivity contribution in [1.29, 1.82) is 0 Å². The van der Waals surface area contributed by atoms with E-state index in [4.69, 9.17) is 9.72 Å². The second kappa shape index (κ2) is 10.8. The zero-order valence-corrected chi connectivity index (χ0v) is 25.6. The van der Waals surface area contributed by atoms with Crippen molar-refractivity contribution in [1.82, 2.24) is 29.3 Å². The summed E-state index contributed by atoms with van der Waals surface area (Å²) in [6.45, 7) is 12.0. The Bertz CT molecular complexity index is 1730. The number of carboxylic acids is 1. The second-order valence-electron chi connectivity index (χ2n) is 10.8. The smallest absolute Gasteiger partial charge is 0.310 e. The van der Waals surface area contributed by atoms with E-state index in [9.17, 15) is 18.3 Å². The van der Waals surface area contributed by atoms with Gasteiger partial charge in [-0.25, -0.2) is 23.1 Å². The number of rotatable bonds is 8. The second-order valence-corrected chi connectivity index (χ2v) is 14.0. The molecular formula is C28H34N6O5S2. The van der Waals surface area contributed by atoms with Crippen LogP contribution >= 0.6 is 11.3 Å². The summed E-state index contributed by atoms with van der Waals surface area (Å²) in [5.41, 5.74) is 2.61. The maximum atomic E-state index is 13.7. The quantitative estimate of drug-likeness (QED) is 0.310. The Labute approximate surface area is 243 Å². The standard InChI is InChI=1S/C28H34N6O5S2/c1-7-18-14-33(41(37,38)22-10-9-13-29-25(22)39-18)15-20-17(4)40-26(30-20)23(28(5,6)27(35)36)19-11-12-21-24(16(19)3)31-32-34(21)8-2/h9-13,18,23H,7-8,14-15H2,1-6H3,(H,35,36)/t18-,23-/m1/s1. The average molecular weight is 599 g/mol. The van der Waals surface area contributed by atoms with Crippen molar-refractivity contribution in [2.45, 2.75) is 78.0 Å². The van der Waals surface area contributed by atoms with E-state index in [0.29, 0.717) is 23.7 Å². The molecule has 11 nitrogen and oxygen atoms in total. The number of hydrogen-bond donors (Lipinski definition) is 1. The molecule has 0 amide bonds. The van der Waals surface area contributed by atoms with Crippen LogP contribution in [0.4, 0.5) is 0 Å². The van der Waals surface area contributed by atoms with Crippen LogP contribution in [0, 0.1) is 19.3 Å². The van der Waals surface area contributed by atoms with Crippen molar-refractivity contribution in [3.8, 4) is 5.88 Å². The van der Waals surface area contributed by atoms with Crippen molar-refractivity contribution in [3.05, 3.63) is 57.2 Å². The summed E-state index contributed by atoms with van der Waals surface area (Å²) >= 11 is 1.39. The van der Waals surface area contributed by atoms with Gasteiger partial charge in [0.05, 0.1) is 35.6 Å². The molecule has 0 aliphatic carbocycles. The van der Waals surface area contributed by atoms with E-state index in [1.807, 2.05) is 39.8 Å². The molecule has 0 unspecified atom stereocenters. The fraction of sp³-hybridized carbons (Fsp3) is 0.464. The van der Waals surface area contributed by atoms with Gasteiger partial charge in [0.1, 0.15) is 21.5 Å². The largest absolute Gasteiger partial charge is 0.481 e. The normalized spacial score (nSPS) is 18.0. The van der Waals surface area contributed by atoms with Crippen LogP contribution in [-0.2, 0) is 27.9 Å². The highest BCUT2D eigenvalue weighted by Gasteiger charge is 2.43. The van der Waals surface area contributed by atoms with Crippen LogP contribution in [0.15, 0.2) is 35.4 Å². The van der Waals surface area contributed by atoms with E-state index >= 15 is 0 Å². The Morgan fingerprint density at radius 2 is 2.00 bits per heavy atom. The highest BCUT2D eigenvalue weighted by molar-refractivity contribution is 7.89. The third kappa shape index (κ3) is 4.99. The molecule has 4 heterocycles. The molecule has 0 radical (unpaired) electrons. The Morgan fingerprint density at radius 3 is 2.68 bits per heavy atom. The van der Waals surface area contributed by atoms with Crippen molar-refractivity contribution in [3.63, 3.8) is 0 Å². The Kier molecular flexibility index (Phi) is 7.64. The molecule has 0 spiro atoms. The molecule has 0 fully saturated rings. The lowest BCUT2D eigenvalue weighted by atomic mass is 9.74. The topological polar surface area (TPSA) is 140 Å². The summed E-state index contributed by atoms with van der Waals surface area (Å²) in [7, 11) is -3.91. The molecule has 0 bridgehead atoms. The van der Waals surface area contributed by atoms with Crippen LogP contribution in [0.2, 0.25) is 0 Å². The van der Waals surface area contributed by atoms with Gasteiger partial charge in [-0.1, -0.05) is 18.2 Å². The Balaban J connectivity index is 1.59. The van der Waals surface area contributed by atoms with Gasteiger partial charge in [0, 0.05) is 17.6 Å². The van der Waals surface area contributed by atoms with Crippen LogP contribution in [0.1, 0.15) is 66.7 Å². The molecule has 3 aromatic heterocycles. The lowest BCUT2D eigenvalue weighted by Crippen LogP contribution is -2.36. The van der Waals surface area contributed by atoms with Gasteiger partial charge >= 0.3 is 5.97 Å². The fourth-order valence-electron chi connectivity index (χ4n) is 5.25. The minimum atomic E-state index is -3.91. The predicted molar refractivity (Wildman–Crippen MR) is 155 cm³/mol. The highest BCUT2D eigenvalue weighted by Crippen LogP contribution is 2.45. The van der Waals surface area contributed by atoms with E-state index in [2.05, 4.69) is 15.3 Å². The van der Waals surface area contributed by atoms with Gasteiger partial charge in [0.2, 0.25) is 15.9 Å². The van der Waals surface area contributed by atoms with Gasteiger partial charge in [-0.2, -0.15) is 4.31 Å².